The molecule has 0 saturated carbocycles. The maximum absolute atomic E-state index is 12.7. The summed E-state index contributed by atoms with van der Waals surface area (Å²) in [6.45, 7) is 4.80. The van der Waals surface area contributed by atoms with Crippen molar-refractivity contribution in [2.45, 2.75) is 38.8 Å². The second kappa shape index (κ2) is 8.15. The van der Waals surface area contributed by atoms with Gasteiger partial charge in [0.05, 0.1) is 25.5 Å². The highest BCUT2D eigenvalue weighted by atomic mass is 16.5. The first-order valence-electron chi connectivity index (χ1n) is 8.89. The molecular formula is C18H23N5O4. The Bertz CT molecular complexity index is 842. The highest BCUT2D eigenvalue weighted by molar-refractivity contribution is 5.92. The molecule has 144 valence electrons. The highest BCUT2D eigenvalue weighted by Crippen LogP contribution is 2.18. The molecule has 9 heteroatoms. The van der Waals surface area contributed by atoms with E-state index in [-0.39, 0.29) is 29.3 Å². The smallest absolute Gasteiger partial charge is 0.316 e. The van der Waals surface area contributed by atoms with E-state index in [4.69, 9.17) is 9.47 Å². The zero-order valence-corrected chi connectivity index (χ0v) is 15.7. The van der Waals surface area contributed by atoms with Crippen molar-refractivity contribution in [2.75, 3.05) is 20.2 Å². The van der Waals surface area contributed by atoms with Crippen LogP contribution in [0.5, 0.6) is 11.8 Å². The van der Waals surface area contributed by atoms with Gasteiger partial charge in [0.25, 0.3) is 11.5 Å². The van der Waals surface area contributed by atoms with E-state index in [0.717, 1.165) is 0 Å². The molecule has 9 nitrogen and oxygen atoms in total. The molecule has 0 N–H and O–H groups in total. The van der Waals surface area contributed by atoms with Crippen molar-refractivity contribution >= 4 is 5.91 Å². The van der Waals surface area contributed by atoms with Crippen molar-refractivity contribution in [1.82, 2.24) is 24.6 Å². The van der Waals surface area contributed by atoms with Crippen LogP contribution in [0.2, 0.25) is 0 Å². The topological polar surface area (TPSA) is 99.4 Å². The van der Waals surface area contributed by atoms with Gasteiger partial charge in [-0.05, 0) is 19.9 Å². The summed E-state index contributed by atoms with van der Waals surface area (Å²) in [7, 11) is 1.55. The fraction of sp³-hybridized carbons (Fsp3) is 0.500. The molecule has 2 aromatic rings. The predicted molar refractivity (Wildman–Crippen MR) is 97.0 cm³/mol. The minimum absolute atomic E-state index is 0.0555. The van der Waals surface area contributed by atoms with Gasteiger partial charge in [-0.15, -0.1) is 0 Å². The summed E-state index contributed by atoms with van der Waals surface area (Å²) in [6.07, 6.45) is 4.39. The SMILES string of the molecule is COc1cnc(OC2CCN(C(=O)c3ccc(=O)n(C(C)C)n3)CC2)nc1. The number of carbonyl (C=O) groups is 1. The highest BCUT2D eigenvalue weighted by Gasteiger charge is 2.26. The van der Waals surface area contributed by atoms with Gasteiger partial charge in [-0.25, -0.2) is 4.68 Å². The molecule has 0 atom stereocenters. The van der Waals surface area contributed by atoms with Crippen LogP contribution < -0.4 is 15.0 Å². The first-order chi connectivity index (χ1) is 13.0. The third kappa shape index (κ3) is 4.42. The van der Waals surface area contributed by atoms with Crippen molar-refractivity contribution in [3.8, 4) is 11.8 Å². The number of amides is 1. The minimum Gasteiger partial charge on any atom is -0.494 e. The summed E-state index contributed by atoms with van der Waals surface area (Å²) in [5, 5.41) is 4.20. The number of likely N-dealkylation sites (tertiary alicyclic amines) is 1. The van der Waals surface area contributed by atoms with E-state index in [1.54, 1.807) is 24.4 Å². The van der Waals surface area contributed by atoms with E-state index in [1.165, 1.54) is 16.8 Å². The Labute approximate surface area is 156 Å². The molecule has 3 rings (SSSR count). The molecule has 1 aliphatic rings. The van der Waals surface area contributed by atoms with Gasteiger partial charge in [0.2, 0.25) is 0 Å². The van der Waals surface area contributed by atoms with Crippen LogP contribution in [0.25, 0.3) is 0 Å². The van der Waals surface area contributed by atoms with Crippen LogP contribution in [0.3, 0.4) is 0 Å². The Balaban J connectivity index is 1.59. The van der Waals surface area contributed by atoms with E-state index in [9.17, 15) is 9.59 Å². The molecule has 1 saturated heterocycles. The van der Waals surface area contributed by atoms with E-state index in [2.05, 4.69) is 15.1 Å². The Morgan fingerprint density at radius 3 is 2.44 bits per heavy atom. The zero-order chi connectivity index (χ0) is 19.4. The van der Waals surface area contributed by atoms with Gasteiger partial charge in [-0.3, -0.25) is 9.59 Å². The Hall–Kier alpha value is -2.97. The molecule has 27 heavy (non-hydrogen) atoms. The summed E-state index contributed by atoms with van der Waals surface area (Å²) in [4.78, 5) is 34.4. The van der Waals surface area contributed by atoms with Crippen LogP contribution in [-0.4, -0.2) is 56.9 Å². The molecule has 0 aliphatic carbocycles. The van der Waals surface area contributed by atoms with Gasteiger partial charge in [-0.1, -0.05) is 0 Å². The quantitative estimate of drug-likeness (QED) is 0.779. The van der Waals surface area contributed by atoms with Crippen LogP contribution in [0.4, 0.5) is 0 Å². The standard InChI is InChI=1S/C18H23N5O4/c1-12(2)23-16(24)5-4-15(21-23)17(25)22-8-6-13(7-9-22)27-18-19-10-14(26-3)11-20-18/h4-5,10-13H,6-9H2,1-3H3. The van der Waals surface area contributed by atoms with Crippen molar-refractivity contribution in [3.63, 3.8) is 0 Å². The molecule has 1 amide bonds. The van der Waals surface area contributed by atoms with Gasteiger partial charge in [-0.2, -0.15) is 15.1 Å². The summed E-state index contributed by atoms with van der Waals surface area (Å²) < 4.78 is 12.1. The molecule has 0 unspecified atom stereocenters. The largest absolute Gasteiger partial charge is 0.494 e. The summed E-state index contributed by atoms with van der Waals surface area (Å²) in [5.74, 6) is 0.390. The third-order valence-electron chi connectivity index (χ3n) is 4.37. The number of piperidine rings is 1. The van der Waals surface area contributed by atoms with Gasteiger partial charge < -0.3 is 14.4 Å². The Morgan fingerprint density at radius 2 is 1.85 bits per heavy atom. The molecule has 0 spiro atoms. The molecule has 1 fully saturated rings. The second-order valence-corrected chi connectivity index (χ2v) is 6.61. The molecule has 0 radical (unpaired) electrons. The predicted octanol–water partition coefficient (Wildman–Crippen LogP) is 1.31. The minimum atomic E-state index is -0.215. The lowest BCUT2D eigenvalue weighted by Gasteiger charge is -2.31. The van der Waals surface area contributed by atoms with Crippen molar-refractivity contribution in [1.29, 1.82) is 0 Å². The lowest BCUT2D eigenvalue weighted by molar-refractivity contribution is 0.0570. The molecule has 1 aliphatic heterocycles. The van der Waals surface area contributed by atoms with E-state index in [0.29, 0.717) is 37.7 Å². The zero-order valence-electron chi connectivity index (χ0n) is 15.7. The molecule has 0 bridgehead atoms. The number of methoxy groups -OCH3 is 1. The fourth-order valence-electron chi connectivity index (χ4n) is 2.87. The third-order valence-corrected chi connectivity index (χ3v) is 4.37. The average molecular weight is 373 g/mol. The molecule has 3 heterocycles. The van der Waals surface area contributed by atoms with Gasteiger partial charge in [0.15, 0.2) is 5.75 Å². The van der Waals surface area contributed by atoms with Crippen LogP contribution in [-0.2, 0) is 0 Å². The normalized spacial score (nSPS) is 15.0. The number of nitrogens with zero attached hydrogens (tertiary/aromatic N) is 5. The number of hydrogen-bond donors (Lipinski definition) is 0. The second-order valence-electron chi connectivity index (χ2n) is 6.61. The lowest BCUT2D eigenvalue weighted by atomic mass is 10.1. The first-order valence-corrected chi connectivity index (χ1v) is 8.89. The number of carbonyl (C=O) groups excluding carboxylic acids is 1. The van der Waals surface area contributed by atoms with Gasteiger partial charge >= 0.3 is 6.01 Å². The number of ether oxygens (including phenoxy) is 2. The lowest BCUT2D eigenvalue weighted by Crippen LogP contribution is -2.42. The van der Waals surface area contributed by atoms with Gasteiger partial charge in [0, 0.05) is 32.0 Å². The summed E-state index contributed by atoms with van der Waals surface area (Å²) >= 11 is 0. The van der Waals surface area contributed by atoms with Crippen LogP contribution in [0.15, 0.2) is 29.3 Å². The maximum atomic E-state index is 12.7. The van der Waals surface area contributed by atoms with Crippen LogP contribution in [0.1, 0.15) is 43.2 Å². The van der Waals surface area contributed by atoms with E-state index >= 15 is 0 Å². The Morgan fingerprint density at radius 1 is 1.19 bits per heavy atom. The summed E-state index contributed by atoms with van der Waals surface area (Å²) in [6, 6.07) is 3.06. The molecule has 2 aromatic heterocycles. The summed E-state index contributed by atoms with van der Waals surface area (Å²) in [5.41, 5.74) is 0.0642. The van der Waals surface area contributed by atoms with E-state index in [1.807, 2.05) is 13.8 Å². The van der Waals surface area contributed by atoms with Crippen molar-refractivity contribution < 1.29 is 14.3 Å². The maximum Gasteiger partial charge on any atom is 0.316 e. The van der Waals surface area contributed by atoms with Crippen molar-refractivity contribution in [2.24, 2.45) is 0 Å². The molecular weight excluding hydrogens is 350 g/mol. The van der Waals surface area contributed by atoms with Crippen LogP contribution in [0, 0.1) is 0 Å². The van der Waals surface area contributed by atoms with Crippen molar-refractivity contribution in [3.05, 3.63) is 40.6 Å². The first kappa shape index (κ1) is 18.8. The van der Waals surface area contributed by atoms with Gasteiger partial charge in [0.1, 0.15) is 11.8 Å². The average Bonchev–Trinajstić information content (AvgIpc) is 2.69. The Kier molecular flexibility index (Phi) is 5.68. The molecule has 0 aromatic carbocycles. The van der Waals surface area contributed by atoms with E-state index < -0.39 is 0 Å². The number of rotatable bonds is 5. The number of hydrogen-bond acceptors (Lipinski definition) is 7. The fourth-order valence-corrected chi connectivity index (χ4v) is 2.87. The monoisotopic (exact) mass is 373 g/mol. The number of aromatic nitrogens is 4. The van der Waals surface area contributed by atoms with Crippen LogP contribution >= 0.6 is 0 Å².